The van der Waals surface area contributed by atoms with Crippen LogP contribution in [-0.2, 0) is 0 Å². The van der Waals surface area contributed by atoms with Crippen molar-refractivity contribution in [2.24, 2.45) is 0 Å². The Hall–Kier alpha value is -3.86. The summed E-state index contributed by atoms with van der Waals surface area (Å²) in [5.41, 5.74) is 6.43. The molecule has 0 unspecified atom stereocenters. The maximum absolute atomic E-state index is 6.58. The zero-order valence-corrected chi connectivity index (χ0v) is 21.0. The number of fused-ring (bicyclic) bond motifs is 2. The van der Waals surface area contributed by atoms with Crippen LogP contribution < -0.4 is 14.8 Å². The molecule has 0 bridgehead atoms. The van der Waals surface area contributed by atoms with E-state index in [9.17, 15) is 0 Å². The predicted octanol–water partition coefficient (Wildman–Crippen LogP) is 6.05. The summed E-state index contributed by atoms with van der Waals surface area (Å²) in [7, 11) is 0. The Balaban J connectivity index is 1.79. The summed E-state index contributed by atoms with van der Waals surface area (Å²) in [4.78, 5) is 2.35. The van der Waals surface area contributed by atoms with Crippen molar-refractivity contribution in [1.82, 2.24) is 14.4 Å². The first-order valence-electron chi connectivity index (χ1n) is 12.6. The third kappa shape index (κ3) is 4.23. The lowest BCUT2D eigenvalue weighted by atomic mass is 9.95. The molecule has 35 heavy (non-hydrogen) atoms. The average molecular weight is 466 g/mol. The lowest BCUT2D eigenvalue weighted by Gasteiger charge is -2.22. The summed E-state index contributed by atoms with van der Waals surface area (Å²) < 4.78 is 10.9. The second kappa shape index (κ2) is 9.79. The maximum Gasteiger partial charge on any atom is 0.203 e. The number of anilines is 1. The molecule has 0 radical (unpaired) electrons. The quantitative estimate of drug-likeness (QED) is 0.217. The van der Waals surface area contributed by atoms with Gasteiger partial charge in [-0.3, -0.25) is 0 Å². The molecule has 5 rings (SSSR count). The van der Waals surface area contributed by atoms with Crippen molar-refractivity contribution in [2.75, 3.05) is 31.1 Å². The second-order valence-corrected chi connectivity index (χ2v) is 8.69. The summed E-state index contributed by atoms with van der Waals surface area (Å²) in [5.74, 6) is 0.890. The van der Waals surface area contributed by atoms with Crippen molar-refractivity contribution in [3.8, 4) is 28.1 Å². The van der Waals surface area contributed by atoms with Crippen LogP contribution in [0.5, 0.6) is 0 Å². The number of nitrogens with zero attached hydrogens (tertiary/aromatic N) is 4. The van der Waals surface area contributed by atoms with E-state index >= 15 is 0 Å². The van der Waals surface area contributed by atoms with Crippen molar-refractivity contribution in [2.45, 2.75) is 27.7 Å². The first-order chi connectivity index (χ1) is 17.2. The van der Waals surface area contributed by atoms with Gasteiger partial charge < -0.3 is 9.32 Å². The lowest BCUT2D eigenvalue weighted by Crippen LogP contribution is -2.29. The van der Waals surface area contributed by atoms with Crippen LogP contribution in [0.1, 0.15) is 27.7 Å². The minimum absolute atomic E-state index is 0.890. The second-order valence-electron chi connectivity index (χ2n) is 8.69. The van der Waals surface area contributed by atoms with Crippen LogP contribution in [0.15, 0.2) is 83.5 Å². The minimum Gasteiger partial charge on any atom is -0.456 e. The molecule has 5 heteroatoms. The van der Waals surface area contributed by atoms with E-state index in [0.29, 0.717) is 0 Å². The highest BCUT2D eigenvalue weighted by Gasteiger charge is 2.20. The monoisotopic (exact) mass is 465 g/mol. The number of rotatable bonds is 7. The molecule has 0 N–H and O–H groups in total. The van der Waals surface area contributed by atoms with E-state index in [1.54, 1.807) is 0 Å². The first-order valence-corrected chi connectivity index (χ1v) is 12.6. The Morgan fingerprint density at radius 3 is 2.37 bits per heavy atom. The third-order valence-corrected chi connectivity index (χ3v) is 6.84. The Kier molecular flexibility index (Phi) is 6.41. The van der Waals surface area contributed by atoms with Gasteiger partial charge in [0.25, 0.3) is 0 Å². The van der Waals surface area contributed by atoms with E-state index in [1.807, 2.05) is 29.1 Å². The van der Waals surface area contributed by atoms with E-state index < -0.39 is 0 Å². The zero-order valence-electron chi connectivity index (χ0n) is 21.0. The molecule has 0 spiro atoms. The fourth-order valence-electron chi connectivity index (χ4n) is 4.92. The van der Waals surface area contributed by atoms with E-state index in [2.05, 4.69) is 91.9 Å². The van der Waals surface area contributed by atoms with Crippen LogP contribution >= 0.6 is 0 Å². The highest BCUT2D eigenvalue weighted by atomic mass is 16.3. The Bertz CT molecular complexity index is 1490. The van der Waals surface area contributed by atoms with E-state index in [1.165, 1.54) is 11.0 Å². The van der Waals surface area contributed by atoms with Gasteiger partial charge in [0, 0.05) is 59.2 Å². The van der Waals surface area contributed by atoms with Gasteiger partial charge in [-0.05, 0) is 58.0 Å². The summed E-state index contributed by atoms with van der Waals surface area (Å²) in [6.45, 7) is 12.6. The molecule has 1 aliphatic heterocycles. The maximum atomic E-state index is 6.58. The number of aromatic nitrogens is 2. The zero-order chi connectivity index (χ0) is 24.4. The molecule has 0 saturated carbocycles. The molecule has 3 aromatic rings. The summed E-state index contributed by atoms with van der Waals surface area (Å²) in [6, 6.07) is 23.4. The molecular weight excluding hydrogens is 432 g/mol. The van der Waals surface area contributed by atoms with Gasteiger partial charge in [0.05, 0.1) is 18.0 Å². The van der Waals surface area contributed by atoms with Crippen LogP contribution in [0.4, 0.5) is 5.69 Å². The molecule has 1 aromatic heterocycles. The molecule has 0 fully saturated rings. The molecule has 2 aromatic carbocycles. The van der Waals surface area contributed by atoms with Gasteiger partial charge in [0.2, 0.25) is 5.36 Å². The summed E-state index contributed by atoms with van der Waals surface area (Å²) in [5, 5.41) is 6.96. The van der Waals surface area contributed by atoms with E-state index in [0.717, 1.165) is 65.3 Å². The normalized spacial score (nSPS) is 11.3. The van der Waals surface area contributed by atoms with Crippen molar-refractivity contribution in [3.05, 3.63) is 84.5 Å². The van der Waals surface area contributed by atoms with Gasteiger partial charge >= 0.3 is 0 Å². The Morgan fingerprint density at radius 2 is 1.66 bits per heavy atom. The van der Waals surface area contributed by atoms with Gasteiger partial charge in [-0.15, -0.1) is 0 Å². The van der Waals surface area contributed by atoms with Crippen molar-refractivity contribution in [3.63, 3.8) is 0 Å². The molecule has 2 aliphatic rings. The Labute approximate surface area is 206 Å². The summed E-state index contributed by atoms with van der Waals surface area (Å²) >= 11 is 0. The van der Waals surface area contributed by atoms with Crippen LogP contribution in [0.25, 0.3) is 39.1 Å². The number of para-hydroxylation sites is 1. The topological polar surface area (TPSA) is 37.2 Å². The number of hydrogen-bond acceptors (Lipinski definition) is 3. The van der Waals surface area contributed by atoms with Crippen molar-refractivity contribution in [1.29, 1.82) is 0 Å². The van der Waals surface area contributed by atoms with Crippen LogP contribution in [-0.4, -0.2) is 36.0 Å². The van der Waals surface area contributed by atoms with Crippen molar-refractivity contribution < 1.29 is 4.42 Å². The van der Waals surface area contributed by atoms with E-state index in [-0.39, 0.29) is 0 Å². The SMILES string of the molecule is CCN(CC)c1ccc2c(-c3cnn(-c4ccccc4)c3)c3ccc(=[N+](CC)CC)cc-3oc2c1. The molecule has 5 nitrogen and oxygen atoms in total. The molecule has 2 heterocycles. The predicted molar refractivity (Wildman–Crippen MR) is 145 cm³/mol. The summed E-state index contributed by atoms with van der Waals surface area (Å²) in [6.07, 6.45) is 4.07. The highest BCUT2D eigenvalue weighted by molar-refractivity contribution is 6.02. The molecule has 0 saturated heterocycles. The van der Waals surface area contributed by atoms with Crippen LogP contribution in [0.3, 0.4) is 0 Å². The van der Waals surface area contributed by atoms with Crippen molar-refractivity contribution >= 4 is 16.7 Å². The van der Waals surface area contributed by atoms with Gasteiger partial charge in [-0.2, -0.15) is 5.10 Å². The molecule has 178 valence electrons. The number of hydrogen-bond donors (Lipinski definition) is 0. The fraction of sp³-hybridized carbons (Fsp3) is 0.267. The van der Waals surface area contributed by atoms with Gasteiger partial charge in [0.15, 0.2) is 0 Å². The minimum atomic E-state index is 0.890. The van der Waals surface area contributed by atoms with Gasteiger partial charge in [0.1, 0.15) is 24.4 Å². The van der Waals surface area contributed by atoms with E-state index in [4.69, 9.17) is 9.52 Å². The molecule has 0 atom stereocenters. The van der Waals surface area contributed by atoms with Gasteiger partial charge in [-0.1, -0.05) is 18.2 Å². The van der Waals surface area contributed by atoms with Crippen LogP contribution in [0.2, 0.25) is 0 Å². The Morgan fingerprint density at radius 1 is 0.886 bits per heavy atom. The standard InChI is InChI=1S/C30H33N4O/c1-5-32(6-2)24-14-16-26-28(18-24)35-29-19-25(33(7-3)8-4)15-17-27(29)30(26)22-20-31-34(21-22)23-12-10-9-11-13-23/h9-21H,5-8H2,1-4H3/q+1. The lowest BCUT2D eigenvalue weighted by molar-refractivity contribution is 0.604. The van der Waals surface area contributed by atoms with Crippen LogP contribution in [0, 0.1) is 0 Å². The fourth-order valence-corrected chi connectivity index (χ4v) is 4.92. The third-order valence-electron chi connectivity index (χ3n) is 6.84. The first kappa shape index (κ1) is 22.9. The van der Waals surface area contributed by atoms with Gasteiger partial charge in [-0.25, -0.2) is 9.26 Å². The molecular formula is C30H33N4O+. The smallest absolute Gasteiger partial charge is 0.203 e. The molecule has 0 amide bonds. The number of benzene rings is 3. The highest BCUT2D eigenvalue weighted by Crippen LogP contribution is 2.40. The average Bonchev–Trinajstić information content (AvgIpc) is 3.39. The largest absolute Gasteiger partial charge is 0.456 e. The molecule has 1 aliphatic carbocycles.